The summed E-state index contributed by atoms with van der Waals surface area (Å²) in [6, 6.07) is 0.306. The first-order valence-electron chi connectivity index (χ1n) is 6.00. The van der Waals surface area contributed by atoms with E-state index in [0.29, 0.717) is 12.0 Å². The van der Waals surface area contributed by atoms with Gasteiger partial charge in [-0.3, -0.25) is 0 Å². The van der Waals surface area contributed by atoms with Crippen LogP contribution in [0.15, 0.2) is 4.52 Å². The van der Waals surface area contributed by atoms with Crippen molar-refractivity contribution in [3.8, 4) is 0 Å². The van der Waals surface area contributed by atoms with Crippen LogP contribution < -0.4 is 5.32 Å². The van der Waals surface area contributed by atoms with Gasteiger partial charge >= 0.3 is 0 Å². The fraction of sp³-hybridized carbons (Fsp3) is 0.818. The minimum Gasteiger partial charge on any atom is -0.338 e. The number of piperidine rings is 1. The van der Waals surface area contributed by atoms with Gasteiger partial charge in [-0.05, 0) is 32.2 Å². The fourth-order valence-electron chi connectivity index (χ4n) is 2.28. The third-order valence-corrected chi connectivity index (χ3v) is 3.54. The summed E-state index contributed by atoms with van der Waals surface area (Å²) in [5, 5.41) is 7.51. The van der Waals surface area contributed by atoms with Crippen LogP contribution in [0, 0.1) is 0 Å². The molecule has 1 saturated carbocycles. The minimum atomic E-state index is 0.306. The second kappa shape index (κ2) is 3.93. The molecule has 0 radical (unpaired) electrons. The van der Waals surface area contributed by atoms with Crippen molar-refractivity contribution >= 4 is 0 Å². The Morgan fingerprint density at radius 1 is 1.13 bits per heavy atom. The molecule has 4 heteroatoms. The third-order valence-electron chi connectivity index (χ3n) is 3.54. The summed E-state index contributed by atoms with van der Waals surface area (Å²) in [4.78, 5) is 4.52. The highest BCUT2D eigenvalue weighted by atomic mass is 16.5. The maximum absolute atomic E-state index is 5.34. The lowest BCUT2D eigenvalue weighted by atomic mass is 9.85. The predicted molar refractivity (Wildman–Crippen MR) is 55.5 cm³/mol. The number of hydrogen-bond donors (Lipinski definition) is 1. The quantitative estimate of drug-likeness (QED) is 0.807. The molecule has 2 aliphatic rings. The fourth-order valence-corrected chi connectivity index (χ4v) is 2.28. The van der Waals surface area contributed by atoms with E-state index >= 15 is 0 Å². The maximum Gasteiger partial charge on any atom is 0.243 e. The summed E-state index contributed by atoms with van der Waals surface area (Å²) in [7, 11) is 0. The second-order valence-electron chi connectivity index (χ2n) is 4.62. The largest absolute Gasteiger partial charge is 0.338 e. The molecule has 1 saturated heterocycles. The van der Waals surface area contributed by atoms with Crippen molar-refractivity contribution in [3.05, 3.63) is 11.7 Å². The van der Waals surface area contributed by atoms with Crippen molar-refractivity contribution in [1.29, 1.82) is 0 Å². The van der Waals surface area contributed by atoms with Crippen molar-refractivity contribution in [2.24, 2.45) is 0 Å². The van der Waals surface area contributed by atoms with Crippen LogP contribution >= 0.6 is 0 Å². The Hall–Kier alpha value is -0.900. The molecule has 1 unspecified atom stereocenters. The lowest BCUT2D eigenvalue weighted by molar-refractivity contribution is 0.292. The van der Waals surface area contributed by atoms with Gasteiger partial charge in [-0.1, -0.05) is 18.0 Å². The van der Waals surface area contributed by atoms with E-state index < -0.39 is 0 Å². The SMILES string of the molecule is C1CCC(c2nc(C3CCC3)no2)NC1. The summed E-state index contributed by atoms with van der Waals surface area (Å²) in [6.45, 7) is 1.08. The molecule has 0 bridgehead atoms. The van der Waals surface area contributed by atoms with Gasteiger partial charge in [0.05, 0.1) is 6.04 Å². The molecule has 1 aromatic rings. The van der Waals surface area contributed by atoms with Gasteiger partial charge in [0.1, 0.15) is 0 Å². The summed E-state index contributed by atoms with van der Waals surface area (Å²) >= 11 is 0. The zero-order chi connectivity index (χ0) is 10.1. The summed E-state index contributed by atoms with van der Waals surface area (Å²) in [5.41, 5.74) is 0. The van der Waals surface area contributed by atoms with Gasteiger partial charge in [-0.25, -0.2) is 0 Å². The van der Waals surface area contributed by atoms with Crippen LogP contribution in [0.3, 0.4) is 0 Å². The lowest BCUT2D eigenvalue weighted by Gasteiger charge is -2.21. The van der Waals surface area contributed by atoms with E-state index in [2.05, 4.69) is 15.5 Å². The highest BCUT2D eigenvalue weighted by Gasteiger charge is 2.27. The average Bonchev–Trinajstić information content (AvgIpc) is 2.66. The number of nitrogens with zero attached hydrogens (tertiary/aromatic N) is 2. The first kappa shape index (κ1) is 9.33. The molecule has 0 aromatic carbocycles. The van der Waals surface area contributed by atoms with Crippen molar-refractivity contribution in [1.82, 2.24) is 15.5 Å². The van der Waals surface area contributed by atoms with E-state index in [0.717, 1.165) is 24.7 Å². The Labute approximate surface area is 89.4 Å². The molecule has 1 aromatic heterocycles. The standard InChI is InChI=1S/C11H17N3O/c1-2-7-12-9(6-1)11-13-10(14-15-11)8-4-3-5-8/h8-9,12H,1-7H2. The molecule has 0 spiro atoms. The molecule has 2 fully saturated rings. The van der Waals surface area contributed by atoms with E-state index in [9.17, 15) is 0 Å². The summed E-state index contributed by atoms with van der Waals surface area (Å²) in [6.07, 6.45) is 7.44. The molecule has 1 aliphatic heterocycles. The van der Waals surface area contributed by atoms with Crippen molar-refractivity contribution in [2.75, 3.05) is 6.54 Å². The zero-order valence-corrected chi connectivity index (χ0v) is 8.91. The van der Waals surface area contributed by atoms with Gasteiger partial charge in [0.2, 0.25) is 5.89 Å². The summed E-state index contributed by atoms with van der Waals surface area (Å²) in [5.74, 6) is 2.31. The molecule has 3 rings (SSSR count). The number of nitrogens with one attached hydrogen (secondary N) is 1. The van der Waals surface area contributed by atoms with Crippen LogP contribution in [-0.4, -0.2) is 16.7 Å². The van der Waals surface area contributed by atoms with E-state index in [1.54, 1.807) is 0 Å². The first-order valence-corrected chi connectivity index (χ1v) is 6.00. The van der Waals surface area contributed by atoms with E-state index in [1.165, 1.54) is 32.1 Å². The van der Waals surface area contributed by atoms with Gasteiger partial charge in [0, 0.05) is 5.92 Å². The van der Waals surface area contributed by atoms with Crippen LogP contribution in [-0.2, 0) is 0 Å². The molecule has 82 valence electrons. The molecular weight excluding hydrogens is 190 g/mol. The zero-order valence-electron chi connectivity index (χ0n) is 8.91. The molecule has 1 atom stereocenters. The number of hydrogen-bond acceptors (Lipinski definition) is 4. The van der Waals surface area contributed by atoms with Crippen LogP contribution in [0.25, 0.3) is 0 Å². The monoisotopic (exact) mass is 207 g/mol. The molecular formula is C11H17N3O. The number of rotatable bonds is 2. The van der Waals surface area contributed by atoms with Gasteiger partial charge in [-0.15, -0.1) is 0 Å². The molecule has 1 N–H and O–H groups in total. The Bertz CT molecular complexity index is 326. The van der Waals surface area contributed by atoms with Gasteiger partial charge in [0.15, 0.2) is 5.82 Å². The predicted octanol–water partition coefficient (Wildman–Crippen LogP) is 2.15. The van der Waals surface area contributed by atoms with E-state index in [1.807, 2.05) is 0 Å². The minimum absolute atomic E-state index is 0.306. The molecule has 2 heterocycles. The van der Waals surface area contributed by atoms with Crippen molar-refractivity contribution in [2.45, 2.75) is 50.5 Å². The van der Waals surface area contributed by atoms with Crippen molar-refractivity contribution in [3.63, 3.8) is 0 Å². The van der Waals surface area contributed by atoms with Gasteiger partial charge in [-0.2, -0.15) is 4.98 Å². The van der Waals surface area contributed by atoms with Crippen LogP contribution in [0.1, 0.15) is 62.2 Å². The Morgan fingerprint density at radius 3 is 2.73 bits per heavy atom. The van der Waals surface area contributed by atoms with Crippen LogP contribution in [0.4, 0.5) is 0 Å². The molecule has 4 nitrogen and oxygen atoms in total. The smallest absolute Gasteiger partial charge is 0.243 e. The van der Waals surface area contributed by atoms with Gasteiger partial charge in [0.25, 0.3) is 0 Å². The van der Waals surface area contributed by atoms with Crippen LogP contribution in [0.5, 0.6) is 0 Å². The molecule has 0 amide bonds. The topological polar surface area (TPSA) is 51.0 Å². The van der Waals surface area contributed by atoms with Crippen LogP contribution in [0.2, 0.25) is 0 Å². The highest BCUT2D eigenvalue weighted by Crippen LogP contribution is 2.35. The Morgan fingerprint density at radius 2 is 2.07 bits per heavy atom. The maximum atomic E-state index is 5.34. The molecule has 15 heavy (non-hydrogen) atoms. The average molecular weight is 207 g/mol. The Balaban J connectivity index is 1.71. The molecule has 1 aliphatic carbocycles. The highest BCUT2D eigenvalue weighted by molar-refractivity contribution is 5.02. The second-order valence-corrected chi connectivity index (χ2v) is 4.62. The summed E-state index contributed by atoms with van der Waals surface area (Å²) < 4.78 is 5.34. The van der Waals surface area contributed by atoms with Crippen molar-refractivity contribution < 1.29 is 4.52 Å². The number of aromatic nitrogens is 2. The Kier molecular flexibility index (Phi) is 2.44. The first-order chi connectivity index (χ1) is 7.43. The van der Waals surface area contributed by atoms with E-state index in [-0.39, 0.29) is 0 Å². The third kappa shape index (κ3) is 1.78. The normalized spacial score (nSPS) is 27.6. The van der Waals surface area contributed by atoms with E-state index in [4.69, 9.17) is 4.52 Å². The lowest BCUT2D eigenvalue weighted by Crippen LogP contribution is -2.27. The van der Waals surface area contributed by atoms with Gasteiger partial charge < -0.3 is 9.84 Å².